The monoisotopic (exact) mass is 248 g/mol. The van der Waals surface area contributed by atoms with E-state index >= 15 is 0 Å². The highest BCUT2D eigenvalue weighted by molar-refractivity contribution is 6.59. The number of aliphatic carboxylic acids is 1. The molecule has 0 aliphatic rings. The van der Waals surface area contributed by atoms with Crippen molar-refractivity contribution in [2.45, 2.75) is 26.4 Å². The maximum Gasteiger partial charge on any atom is 0.300 e. The van der Waals surface area contributed by atoms with Crippen LogP contribution in [0.25, 0.3) is 0 Å². The highest BCUT2D eigenvalue weighted by atomic mass is 35.5. The molecule has 1 unspecified atom stereocenters. The van der Waals surface area contributed by atoms with Crippen molar-refractivity contribution in [3.05, 3.63) is 9.52 Å². The Labute approximate surface area is 91.9 Å². The number of carboxylic acids is 1. The highest BCUT2D eigenvalue weighted by Gasteiger charge is 2.08. The molecule has 0 aliphatic heterocycles. The van der Waals surface area contributed by atoms with E-state index in [0.717, 1.165) is 6.92 Å². The van der Waals surface area contributed by atoms with Crippen molar-refractivity contribution in [3.8, 4) is 0 Å². The van der Waals surface area contributed by atoms with E-state index in [4.69, 9.17) is 49.8 Å². The molecule has 3 nitrogen and oxygen atoms in total. The normalized spacial score (nSPS) is 10.9. The third-order valence-corrected chi connectivity index (χ3v) is 1.90. The molecular formula is C7H11Cl3O3. The predicted molar refractivity (Wildman–Crippen MR) is 54.2 cm³/mol. The molecule has 0 saturated heterocycles. The third kappa shape index (κ3) is 12.0. The standard InChI is InChI=1S/C5H7Cl3O.C2H4O2/c1-2-3(9)4(6)5(7)8;1-2(3)4/h3,9H,2H2,1H3;1H3,(H,3,4). The third-order valence-electron chi connectivity index (χ3n) is 0.860. The van der Waals surface area contributed by atoms with Crippen LogP contribution in [0.2, 0.25) is 0 Å². The summed E-state index contributed by atoms with van der Waals surface area (Å²) in [6, 6.07) is 0. The molecule has 0 rings (SSSR count). The molecule has 0 bridgehead atoms. The summed E-state index contributed by atoms with van der Waals surface area (Å²) in [7, 11) is 0. The van der Waals surface area contributed by atoms with Crippen molar-refractivity contribution in [2.24, 2.45) is 0 Å². The summed E-state index contributed by atoms with van der Waals surface area (Å²) < 4.78 is -0.0639. The SMILES string of the molecule is CC(=O)O.CCC(O)C(Cl)=C(Cl)Cl. The first-order valence-electron chi connectivity index (χ1n) is 3.41. The summed E-state index contributed by atoms with van der Waals surface area (Å²) in [6.07, 6.45) is -0.210. The number of hydrogen-bond acceptors (Lipinski definition) is 2. The van der Waals surface area contributed by atoms with E-state index in [0.29, 0.717) is 6.42 Å². The van der Waals surface area contributed by atoms with Crippen LogP contribution >= 0.6 is 34.8 Å². The number of rotatable bonds is 2. The largest absolute Gasteiger partial charge is 0.481 e. The minimum Gasteiger partial charge on any atom is -0.481 e. The lowest BCUT2D eigenvalue weighted by molar-refractivity contribution is -0.134. The summed E-state index contributed by atoms with van der Waals surface area (Å²) >= 11 is 15.9. The fourth-order valence-corrected chi connectivity index (χ4v) is 0.711. The van der Waals surface area contributed by atoms with E-state index in [9.17, 15) is 0 Å². The fourth-order valence-electron chi connectivity index (χ4n) is 0.305. The first-order chi connectivity index (χ1) is 5.82. The second kappa shape index (κ2) is 8.63. The Morgan fingerprint density at radius 2 is 1.69 bits per heavy atom. The number of hydrogen-bond donors (Lipinski definition) is 2. The summed E-state index contributed by atoms with van der Waals surface area (Å²) in [5, 5.41) is 16.5. The molecule has 0 spiro atoms. The van der Waals surface area contributed by atoms with Gasteiger partial charge in [-0.1, -0.05) is 41.7 Å². The van der Waals surface area contributed by atoms with Crippen LogP contribution in [0.1, 0.15) is 20.3 Å². The van der Waals surface area contributed by atoms with Gasteiger partial charge in [0, 0.05) is 6.92 Å². The van der Waals surface area contributed by atoms with Crippen molar-refractivity contribution < 1.29 is 15.0 Å². The van der Waals surface area contributed by atoms with E-state index in [1.807, 2.05) is 0 Å². The minimum atomic E-state index is -0.833. The van der Waals surface area contributed by atoms with Gasteiger partial charge in [-0.3, -0.25) is 4.79 Å². The van der Waals surface area contributed by atoms with Crippen LogP contribution < -0.4 is 0 Å². The van der Waals surface area contributed by atoms with Crippen molar-refractivity contribution >= 4 is 40.8 Å². The quantitative estimate of drug-likeness (QED) is 0.791. The molecule has 2 N–H and O–H groups in total. The fraction of sp³-hybridized carbons (Fsp3) is 0.571. The number of aliphatic hydroxyl groups is 1. The van der Waals surface area contributed by atoms with Gasteiger partial charge in [0.15, 0.2) is 0 Å². The van der Waals surface area contributed by atoms with Crippen LogP contribution in [0.5, 0.6) is 0 Å². The van der Waals surface area contributed by atoms with Gasteiger partial charge < -0.3 is 10.2 Å². The molecule has 0 radical (unpaired) electrons. The van der Waals surface area contributed by atoms with Crippen LogP contribution in [0.15, 0.2) is 9.52 Å². The maximum absolute atomic E-state index is 9.00. The van der Waals surface area contributed by atoms with Gasteiger partial charge in [-0.2, -0.15) is 0 Å². The molecule has 0 aromatic rings. The maximum atomic E-state index is 9.00. The van der Waals surface area contributed by atoms with Gasteiger partial charge in [0.25, 0.3) is 5.97 Å². The van der Waals surface area contributed by atoms with Gasteiger partial charge in [0.05, 0.1) is 11.1 Å². The zero-order valence-corrected chi connectivity index (χ0v) is 9.49. The first-order valence-corrected chi connectivity index (χ1v) is 4.54. The molecule has 13 heavy (non-hydrogen) atoms. The van der Waals surface area contributed by atoms with Gasteiger partial charge in [0.2, 0.25) is 0 Å². The average Bonchev–Trinajstić information content (AvgIpc) is 2.00. The average molecular weight is 250 g/mol. The predicted octanol–water partition coefficient (Wildman–Crippen LogP) is 2.73. The van der Waals surface area contributed by atoms with E-state index in [-0.39, 0.29) is 9.52 Å². The van der Waals surface area contributed by atoms with E-state index < -0.39 is 12.1 Å². The minimum absolute atomic E-state index is 0.0639. The molecular weight excluding hydrogens is 238 g/mol. The lowest BCUT2D eigenvalue weighted by Crippen LogP contribution is -2.03. The molecule has 0 aromatic heterocycles. The van der Waals surface area contributed by atoms with Gasteiger partial charge >= 0.3 is 0 Å². The van der Waals surface area contributed by atoms with Crippen molar-refractivity contribution in [2.75, 3.05) is 0 Å². The molecule has 78 valence electrons. The molecule has 0 fully saturated rings. The topological polar surface area (TPSA) is 57.5 Å². The lowest BCUT2D eigenvalue weighted by atomic mass is 10.3. The second-order valence-electron chi connectivity index (χ2n) is 2.05. The van der Waals surface area contributed by atoms with Crippen molar-refractivity contribution in [3.63, 3.8) is 0 Å². The number of carbonyl (C=O) groups is 1. The molecule has 0 aromatic carbocycles. The van der Waals surface area contributed by atoms with Crippen LogP contribution in [0.3, 0.4) is 0 Å². The lowest BCUT2D eigenvalue weighted by Gasteiger charge is -2.04. The Morgan fingerprint density at radius 3 is 1.77 bits per heavy atom. The molecule has 0 heterocycles. The summed E-state index contributed by atoms with van der Waals surface area (Å²) in [5.74, 6) is -0.833. The molecule has 0 saturated carbocycles. The number of halogens is 3. The Kier molecular flexibility index (Phi) is 10.3. The van der Waals surface area contributed by atoms with E-state index in [1.54, 1.807) is 6.92 Å². The molecule has 0 amide bonds. The summed E-state index contributed by atoms with van der Waals surface area (Å²) in [4.78, 5) is 9.00. The number of carboxylic acid groups (broad SMARTS) is 1. The molecule has 6 heteroatoms. The van der Waals surface area contributed by atoms with Gasteiger partial charge in [-0.15, -0.1) is 0 Å². The van der Waals surface area contributed by atoms with Gasteiger partial charge in [0.1, 0.15) is 4.49 Å². The summed E-state index contributed by atoms with van der Waals surface area (Å²) in [6.45, 7) is 2.86. The van der Waals surface area contributed by atoms with Gasteiger partial charge in [-0.05, 0) is 6.42 Å². The van der Waals surface area contributed by atoms with E-state index in [2.05, 4.69) is 0 Å². The first kappa shape index (κ1) is 15.5. The zero-order chi connectivity index (χ0) is 11.0. The molecule has 0 aliphatic carbocycles. The van der Waals surface area contributed by atoms with Gasteiger partial charge in [-0.25, -0.2) is 0 Å². The van der Waals surface area contributed by atoms with E-state index in [1.165, 1.54) is 0 Å². The van der Waals surface area contributed by atoms with Crippen LogP contribution in [0.4, 0.5) is 0 Å². The zero-order valence-electron chi connectivity index (χ0n) is 7.22. The second-order valence-corrected chi connectivity index (χ2v) is 3.41. The van der Waals surface area contributed by atoms with Crippen molar-refractivity contribution in [1.29, 1.82) is 0 Å². The van der Waals surface area contributed by atoms with Crippen LogP contribution in [-0.2, 0) is 4.79 Å². The van der Waals surface area contributed by atoms with Crippen LogP contribution in [-0.4, -0.2) is 22.3 Å². The summed E-state index contributed by atoms with van der Waals surface area (Å²) in [5.41, 5.74) is 0. The smallest absolute Gasteiger partial charge is 0.300 e. The molecule has 1 atom stereocenters. The number of aliphatic hydroxyl groups excluding tert-OH is 1. The van der Waals surface area contributed by atoms with Crippen molar-refractivity contribution in [1.82, 2.24) is 0 Å². The Hall–Kier alpha value is 0.0400. The Bertz CT molecular complexity index is 183. The Balaban J connectivity index is 0. The Morgan fingerprint density at radius 1 is 1.38 bits per heavy atom. The highest BCUT2D eigenvalue weighted by Crippen LogP contribution is 2.22. The van der Waals surface area contributed by atoms with Crippen LogP contribution in [0, 0.1) is 0 Å².